The molecule has 3 N–H and O–H groups in total. The van der Waals surface area contributed by atoms with Gasteiger partial charge in [-0.2, -0.15) is 0 Å². The third kappa shape index (κ3) is 3.64. The van der Waals surface area contributed by atoms with E-state index in [2.05, 4.69) is 21.1 Å². The highest BCUT2D eigenvalue weighted by Crippen LogP contribution is 2.47. The summed E-state index contributed by atoms with van der Waals surface area (Å²) in [5, 5.41) is 12.3. The Balaban J connectivity index is 1.39. The molecular formula is C15H22N4O4. The van der Waals surface area contributed by atoms with Gasteiger partial charge in [-0.15, -0.1) is 0 Å². The molecule has 23 heavy (non-hydrogen) atoms. The molecule has 1 aromatic heterocycles. The van der Waals surface area contributed by atoms with Crippen molar-refractivity contribution >= 4 is 12.0 Å². The highest BCUT2D eigenvalue weighted by Gasteiger charge is 2.45. The average molecular weight is 322 g/mol. The van der Waals surface area contributed by atoms with E-state index in [1.807, 2.05) is 0 Å². The molecule has 2 aliphatic rings. The molecular weight excluding hydrogens is 300 g/mol. The van der Waals surface area contributed by atoms with E-state index in [1.165, 1.54) is 26.0 Å². The molecule has 1 spiro atoms. The third-order valence-corrected chi connectivity index (χ3v) is 4.71. The Morgan fingerprint density at radius 1 is 1.43 bits per heavy atom. The summed E-state index contributed by atoms with van der Waals surface area (Å²) in [6, 6.07) is 1.65. The van der Waals surface area contributed by atoms with E-state index in [4.69, 9.17) is 9.26 Å². The lowest BCUT2D eigenvalue weighted by Crippen LogP contribution is -2.54. The number of amides is 2. The van der Waals surface area contributed by atoms with E-state index in [1.54, 1.807) is 0 Å². The van der Waals surface area contributed by atoms with Gasteiger partial charge in [0.05, 0.1) is 0 Å². The van der Waals surface area contributed by atoms with Crippen molar-refractivity contribution in [1.29, 1.82) is 0 Å². The summed E-state index contributed by atoms with van der Waals surface area (Å²) in [4.78, 5) is 23.1. The van der Waals surface area contributed by atoms with Crippen LogP contribution in [-0.2, 0) is 11.3 Å². The van der Waals surface area contributed by atoms with Crippen molar-refractivity contribution in [2.45, 2.75) is 38.3 Å². The molecule has 0 atom stereocenters. The van der Waals surface area contributed by atoms with Gasteiger partial charge in [-0.05, 0) is 44.2 Å². The summed E-state index contributed by atoms with van der Waals surface area (Å²) >= 11 is 0. The first kappa shape index (κ1) is 15.8. The molecule has 8 nitrogen and oxygen atoms in total. The fourth-order valence-electron chi connectivity index (χ4n) is 3.41. The van der Waals surface area contributed by atoms with Crippen LogP contribution in [0.15, 0.2) is 10.6 Å². The van der Waals surface area contributed by atoms with Crippen molar-refractivity contribution in [2.24, 2.45) is 5.41 Å². The maximum Gasteiger partial charge on any atom is 0.407 e. The molecule has 2 fully saturated rings. The molecule has 0 radical (unpaired) electrons. The minimum Gasteiger partial charge on any atom is -0.441 e. The molecule has 1 aliphatic carbocycles. The lowest BCUT2D eigenvalue weighted by Gasteiger charge is -2.50. The van der Waals surface area contributed by atoms with Crippen LogP contribution in [-0.4, -0.2) is 43.3 Å². The Bertz CT molecular complexity index is 572. The number of piperidine rings is 1. The van der Waals surface area contributed by atoms with Crippen LogP contribution in [0.1, 0.15) is 41.9 Å². The molecule has 2 amide bonds. The lowest BCUT2D eigenvalue weighted by molar-refractivity contribution is 0.0402. The number of carbonyl (C=O) groups excluding carboxylic acids is 2. The molecule has 1 saturated heterocycles. The van der Waals surface area contributed by atoms with Gasteiger partial charge in [0.2, 0.25) is 0 Å². The highest BCUT2D eigenvalue weighted by atomic mass is 16.6. The summed E-state index contributed by atoms with van der Waals surface area (Å²) in [6.45, 7) is 2.09. The Morgan fingerprint density at radius 3 is 2.87 bits per heavy atom. The average Bonchev–Trinajstić information content (AvgIpc) is 3.00. The maximum atomic E-state index is 11.8. The van der Waals surface area contributed by atoms with Crippen molar-refractivity contribution in [2.75, 3.05) is 20.1 Å². The lowest BCUT2D eigenvalue weighted by atomic mass is 9.61. The van der Waals surface area contributed by atoms with Gasteiger partial charge in [-0.3, -0.25) is 4.79 Å². The Kier molecular flexibility index (Phi) is 4.51. The fraction of sp³-hybridized carbons (Fsp3) is 0.667. The predicted octanol–water partition coefficient (Wildman–Crippen LogP) is 0.793. The predicted molar refractivity (Wildman–Crippen MR) is 80.8 cm³/mol. The Hall–Kier alpha value is -2.09. The van der Waals surface area contributed by atoms with Gasteiger partial charge in [0.25, 0.3) is 5.91 Å². The van der Waals surface area contributed by atoms with Gasteiger partial charge < -0.3 is 25.2 Å². The van der Waals surface area contributed by atoms with Crippen LogP contribution < -0.4 is 16.0 Å². The van der Waals surface area contributed by atoms with Gasteiger partial charge in [-0.25, -0.2) is 4.79 Å². The van der Waals surface area contributed by atoms with Gasteiger partial charge in [-0.1, -0.05) is 5.16 Å². The number of aromatic nitrogens is 1. The number of hydrogen-bond donors (Lipinski definition) is 3. The van der Waals surface area contributed by atoms with Gasteiger partial charge in [0.1, 0.15) is 0 Å². The molecule has 0 unspecified atom stereocenters. The van der Waals surface area contributed by atoms with Crippen LogP contribution in [0.3, 0.4) is 0 Å². The normalized spacial score (nSPS) is 19.9. The van der Waals surface area contributed by atoms with Gasteiger partial charge in [0.15, 0.2) is 18.1 Å². The van der Waals surface area contributed by atoms with E-state index < -0.39 is 6.09 Å². The second-order valence-corrected chi connectivity index (χ2v) is 6.33. The minimum atomic E-state index is -0.461. The first-order valence-corrected chi connectivity index (χ1v) is 7.92. The molecule has 1 aliphatic heterocycles. The molecule has 1 saturated carbocycles. The van der Waals surface area contributed by atoms with E-state index in [0.717, 1.165) is 25.9 Å². The first-order valence-electron chi connectivity index (χ1n) is 7.92. The van der Waals surface area contributed by atoms with E-state index in [0.29, 0.717) is 11.2 Å². The minimum absolute atomic E-state index is 0.0440. The molecule has 2 heterocycles. The molecule has 0 bridgehead atoms. The first-order chi connectivity index (χ1) is 11.1. The van der Waals surface area contributed by atoms with Crippen molar-refractivity contribution in [3.05, 3.63) is 17.5 Å². The topological polar surface area (TPSA) is 105 Å². The summed E-state index contributed by atoms with van der Waals surface area (Å²) in [5.74, 6) is -0.00614. The molecule has 126 valence electrons. The van der Waals surface area contributed by atoms with Gasteiger partial charge >= 0.3 is 6.09 Å². The number of nitrogens with one attached hydrogen (secondary N) is 3. The van der Waals surface area contributed by atoms with Crippen LogP contribution in [0.25, 0.3) is 0 Å². The molecule has 8 heteroatoms. The Morgan fingerprint density at radius 2 is 2.17 bits per heavy atom. The SMILES string of the molecule is CNC(=O)c1cc(COC(=O)NC2CC3(CCNCC3)C2)on1. The Labute approximate surface area is 134 Å². The number of nitrogens with zero attached hydrogens (tertiary/aromatic N) is 1. The van der Waals surface area contributed by atoms with Crippen LogP contribution in [0.5, 0.6) is 0 Å². The smallest absolute Gasteiger partial charge is 0.407 e. The number of alkyl carbamates (subject to hydrolysis) is 1. The van der Waals surface area contributed by atoms with E-state index in [9.17, 15) is 9.59 Å². The fourth-order valence-corrected chi connectivity index (χ4v) is 3.41. The standard InChI is InChI=1S/C15H22N4O4/c1-16-13(20)12-6-11(23-19-12)9-22-14(21)18-10-7-15(8-10)2-4-17-5-3-15/h6,10,17H,2-5,7-9H2,1H3,(H,16,20)(H,18,21). The van der Waals surface area contributed by atoms with E-state index >= 15 is 0 Å². The molecule has 0 aromatic carbocycles. The van der Waals surface area contributed by atoms with Crippen molar-refractivity contribution in [3.63, 3.8) is 0 Å². The van der Waals surface area contributed by atoms with Crippen molar-refractivity contribution in [3.8, 4) is 0 Å². The highest BCUT2D eigenvalue weighted by molar-refractivity contribution is 5.91. The summed E-state index contributed by atoms with van der Waals surface area (Å²) in [6.07, 6.45) is 3.94. The number of carbonyl (C=O) groups is 2. The summed E-state index contributed by atoms with van der Waals surface area (Å²) < 4.78 is 10.1. The molecule has 3 rings (SSSR count). The molecule has 1 aromatic rings. The zero-order valence-corrected chi connectivity index (χ0v) is 13.2. The summed E-state index contributed by atoms with van der Waals surface area (Å²) in [5.41, 5.74) is 0.578. The van der Waals surface area contributed by atoms with Crippen LogP contribution in [0.4, 0.5) is 4.79 Å². The zero-order valence-electron chi connectivity index (χ0n) is 13.2. The summed E-state index contributed by atoms with van der Waals surface area (Å²) in [7, 11) is 1.51. The zero-order chi connectivity index (χ0) is 16.3. The van der Waals surface area contributed by atoms with Crippen LogP contribution in [0, 0.1) is 5.41 Å². The monoisotopic (exact) mass is 322 g/mol. The van der Waals surface area contributed by atoms with E-state index in [-0.39, 0.29) is 24.2 Å². The van der Waals surface area contributed by atoms with Gasteiger partial charge in [0, 0.05) is 19.2 Å². The largest absolute Gasteiger partial charge is 0.441 e. The number of rotatable bonds is 4. The maximum absolute atomic E-state index is 11.8. The quantitative estimate of drug-likeness (QED) is 0.757. The number of hydrogen-bond acceptors (Lipinski definition) is 6. The van der Waals surface area contributed by atoms with Crippen LogP contribution in [0.2, 0.25) is 0 Å². The van der Waals surface area contributed by atoms with Crippen LogP contribution >= 0.6 is 0 Å². The number of ether oxygens (including phenoxy) is 1. The van der Waals surface area contributed by atoms with Crippen molar-refractivity contribution in [1.82, 2.24) is 21.1 Å². The van der Waals surface area contributed by atoms with Crippen molar-refractivity contribution < 1.29 is 18.8 Å². The second-order valence-electron chi connectivity index (χ2n) is 6.33. The second kappa shape index (κ2) is 6.57. The third-order valence-electron chi connectivity index (χ3n) is 4.71.